The summed E-state index contributed by atoms with van der Waals surface area (Å²) in [5.41, 5.74) is 7.79. The maximum atomic E-state index is 6.01. The molecule has 0 fully saturated rings. The number of aliphatic imine (C=N–C) groups is 1. The Labute approximate surface area is 181 Å². The Kier molecular flexibility index (Phi) is 8.46. The summed E-state index contributed by atoms with van der Waals surface area (Å²) in [6, 6.07) is 13.1. The van der Waals surface area contributed by atoms with Crippen LogP contribution >= 0.6 is 35.6 Å². The topological polar surface area (TPSA) is 78.1 Å². The number of ether oxygens (including phenoxy) is 3. The summed E-state index contributed by atoms with van der Waals surface area (Å²) in [6.45, 7) is 1.69. The lowest BCUT2D eigenvalue weighted by atomic mass is 10.1. The van der Waals surface area contributed by atoms with E-state index in [9.17, 15) is 0 Å². The van der Waals surface area contributed by atoms with Gasteiger partial charge >= 0.3 is 0 Å². The first-order chi connectivity index (χ1) is 12.7. The summed E-state index contributed by atoms with van der Waals surface area (Å²) in [7, 11) is 1.64. The zero-order valence-electron chi connectivity index (χ0n) is 15.0. The highest BCUT2D eigenvalue weighted by molar-refractivity contribution is 14.0. The summed E-state index contributed by atoms with van der Waals surface area (Å²) < 4.78 is 16.8. The zero-order valence-corrected chi connectivity index (χ0v) is 18.1. The number of nitrogens with one attached hydrogen (secondary N) is 1. The maximum absolute atomic E-state index is 6.01. The van der Waals surface area contributed by atoms with Crippen molar-refractivity contribution in [2.45, 2.75) is 12.5 Å². The first-order valence-electron chi connectivity index (χ1n) is 8.40. The largest absolute Gasteiger partial charge is 0.490 e. The predicted octanol–water partition coefficient (Wildman–Crippen LogP) is 4.23. The molecule has 1 heterocycles. The van der Waals surface area contributed by atoms with Gasteiger partial charge in [0.1, 0.15) is 6.10 Å². The summed E-state index contributed by atoms with van der Waals surface area (Å²) in [5, 5.41) is 3.75. The molecule has 2 aromatic carbocycles. The number of fused-ring (bicyclic) bond motifs is 1. The molecule has 0 spiro atoms. The fourth-order valence-corrected chi connectivity index (χ4v) is 2.73. The number of nitrogens with zero attached hydrogens (tertiary/aromatic N) is 1. The van der Waals surface area contributed by atoms with E-state index in [2.05, 4.69) is 10.3 Å². The van der Waals surface area contributed by atoms with Crippen molar-refractivity contribution in [2.24, 2.45) is 10.7 Å². The second kappa shape index (κ2) is 10.6. The minimum atomic E-state index is -0.198. The number of anilines is 1. The molecular formula is C19H23ClIN3O3. The van der Waals surface area contributed by atoms with Gasteiger partial charge in [0.05, 0.1) is 19.8 Å². The van der Waals surface area contributed by atoms with Gasteiger partial charge in [0.15, 0.2) is 17.5 Å². The third kappa shape index (κ3) is 6.15. The van der Waals surface area contributed by atoms with Crippen LogP contribution < -0.4 is 20.5 Å². The van der Waals surface area contributed by atoms with Crippen LogP contribution in [0.25, 0.3) is 0 Å². The molecule has 146 valence electrons. The van der Waals surface area contributed by atoms with Crippen molar-refractivity contribution in [2.75, 3.05) is 32.2 Å². The fraction of sp³-hybridized carbons (Fsp3) is 0.316. The van der Waals surface area contributed by atoms with Gasteiger partial charge in [-0.3, -0.25) is 4.99 Å². The summed E-state index contributed by atoms with van der Waals surface area (Å²) >= 11 is 5.92. The van der Waals surface area contributed by atoms with Gasteiger partial charge < -0.3 is 25.3 Å². The molecule has 1 aliphatic rings. The summed E-state index contributed by atoms with van der Waals surface area (Å²) in [4.78, 5) is 4.37. The Morgan fingerprint density at radius 1 is 1.19 bits per heavy atom. The third-order valence-corrected chi connectivity index (χ3v) is 4.23. The Hall–Kier alpha value is -1.71. The van der Waals surface area contributed by atoms with E-state index in [0.29, 0.717) is 36.5 Å². The second-order valence-corrected chi connectivity index (χ2v) is 6.28. The average Bonchev–Trinajstić information content (AvgIpc) is 2.88. The van der Waals surface area contributed by atoms with Crippen molar-refractivity contribution >= 4 is 47.2 Å². The Morgan fingerprint density at radius 3 is 2.59 bits per heavy atom. The summed E-state index contributed by atoms with van der Waals surface area (Å²) in [5.74, 6) is 1.75. The van der Waals surface area contributed by atoms with Crippen LogP contribution in [-0.2, 0) is 4.74 Å². The highest BCUT2D eigenvalue weighted by atomic mass is 127. The molecule has 6 nitrogen and oxygen atoms in total. The lowest BCUT2D eigenvalue weighted by Crippen LogP contribution is -2.24. The molecule has 0 saturated heterocycles. The number of nitrogens with two attached hydrogens (primary N) is 1. The molecule has 8 heteroatoms. The van der Waals surface area contributed by atoms with Crippen molar-refractivity contribution in [1.82, 2.24) is 0 Å². The van der Waals surface area contributed by atoms with Gasteiger partial charge in [-0.2, -0.15) is 0 Å². The molecule has 2 aromatic rings. The standard InChI is InChI=1S/C19H22ClN3O3.HI/c1-24-18(13-3-5-14(20)6-4-13)12-22-19(21)23-15-7-8-16-17(11-15)26-10-2-9-25-16;/h3-8,11,18H,2,9-10,12H2,1H3,(H3,21,22,23);1H. The average molecular weight is 504 g/mol. The zero-order chi connectivity index (χ0) is 18.4. The molecule has 3 N–H and O–H groups in total. The van der Waals surface area contributed by atoms with Gasteiger partial charge in [0.25, 0.3) is 0 Å². The van der Waals surface area contributed by atoms with Gasteiger partial charge in [-0.1, -0.05) is 23.7 Å². The Bertz CT molecular complexity index is 771. The van der Waals surface area contributed by atoms with Crippen LogP contribution in [-0.4, -0.2) is 32.8 Å². The molecule has 1 unspecified atom stereocenters. The van der Waals surface area contributed by atoms with Crippen LogP contribution in [0.3, 0.4) is 0 Å². The molecular weight excluding hydrogens is 481 g/mol. The fourth-order valence-electron chi connectivity index (χ4n) is 2.60. The minimum absolute atomic E-state index is 0. The lowest BCUT2D eigenvalue weighted by molar-refractivity contribution is 0.111. The molecule has 0 radical (unpaired) electrons. The molecule has 1 atom stereocenters. The lowest BCUT2D eigenvalue weighted by Gasteiger charge is -2.14. The van der Waals surface area contributed by atoms with Crippen LogP contribution in [0.4, 0.5) is 5.69 Å². The first-order valence-corrected chi connectivity index (χ1v) is 8.78. The molecule has 0 bridgehead atoms. The normalized spacial score (nSPS) is 14.7. The molecule has 3 rings (SSSR count). The quantitative estimate of drug-likeness (QED) is 0.363. The van der Waals surface area contributed by atoms with Crippen molar-refractivity contribution in [3.63, 3.8) is 0 Å². The van der Waals surface area contributed by atoms with Crippen LogP contribution in [0.1, 0.15) is 18.1 Å². The number of hydrogen-bond acceptors (Lipinski definition) is 4. The predicted molar refractivity (Wildman–Crippen MR) is 119 cm³/mol. The second-order valence-electron chi connectivity index (χ2n) is 5.84. The number of halogens is 2. The van der Waals surface area contributed by atoms with E-state index < -0.39 is 0 Å². The van der Waals surface area contributed by atoms with Crippen molar-refractivity contribution in [3.8, 4) is 11.5 Å². The molecule has 0 aromatic heterocycles. The minimum Gasteiger partial charge on any atom is -0.490 e. The highest BCUT2D eigenvalue weighted by Gasteiger charge is 2.12. The van der Waals surface area contributed by atoms with Crippen LogP contribution in [0, 0.1) is 0 Å². The van der Waals surface area contributed by atoms with E-state index in [1.165, 1.54) is 0 Å². The molecule has 1 aliphatic heterocycles. The highest BCUT2D eigenvalue weighted by Crippen LogP contribution is 2.32. The van der Waals surface area contributed by atoms with Crippen LogP contribution in [0.15, 0.2) is 47.5 Å². The van der Waals surface area contributed by atoms with Crippen molar-refractivity contribution in [1.29, 1.82) is 0 Å². The molecule has 0 saturated carbocycles. The Balaban J connectivity index is 0.00000261. The van der Waals surface area contributed by atoms with Crippen molar-refractivity contribution in [3.05, 3.63) is 53.1 Å². The van der Waals surface area contributed by atoms with Gasteiger partial charge in [-0.05, 0) is 29.8 Å². The maximum Gasteiger partial charge on any atom is 0.193 e. The van der Waals surface area contributed by atoms with Gasteiger partial charge in [0, 0.05) is 30.3 Å². The van der Waals surface area contributed by atoms with E-state index in [-0.39, 0.29) is 30.1 Å². The number of hydrogen-bond donors (Lipinski definition) is 2. The number of rotatable bonds is 5. The van der Waals surface area contributed by atoms with E-state index in [1.54, 1.807) is 7.11 Å². The van der Waals surface area contributed by atoms with Gasteiger partial charge in [0.2, 0.25) is 0 Å². The summed E-state index contributed by atoms with van der Waals surface area (Å²) in [6.07, 6.45) is 0.667. The number of guanidine groups is 1. The smallest absolute Gasteiger partial charge is 0.193 e. The van der Waals surface area contributed by atoms with Crippen LogP contribution in [0.2, 0.25) is 5.02 Å². The third-order valence-electron chi connectivity index (χ3n) is 3.97. The molecule has 0 aliphatic carbocycles. The first kappa shape index (κ1) is 21.6. The SMILES string of the molecule is COC(CN=C(N)Nc1ccc2c(c1)OCCCO2)c1ccc(Cl)cc1.I. The molecule has 0 amide bonds. The Morgan fingerprint density at radius 2 is 1.89 bits per heavy atom. The van der Waals surface area contributed by atoms with Gasteiger partial charge in [-0.25, -0.2) is 0 Å². The number of benzene rings is 2. The molecule has 27 heavy (non-hydrogen) atoms. The van der Waals surface area contributed by atoms with E-state index in [4.69, 9.17) is 31.5 Å². The van der Waals surface area contributed by atoms with Gasteiger partial charge in [-0.15, -0.1) is 24.0 Å². The van der Waals surface area contributed by atoms with Crippen LogP contribution in [0.5, 0.6) is 11.5 Å². The monoisotopic (exact) mass is 503 g/mol. The van der Waals surface area contributed by atoms with Crippen molar-refractivity contribution < 1.29 is 14.2 Å². The van der Waals surface area contributed by atoms with E-state index in [1.807, 2.05) is 42.5 Å². The van der Waals surface area contributed by atoms with E-state index >= 15 is 0 Å². The van der Waals surface area contributed by atoms with E-state index in [0.717, 1.165) is 23.4 Å². The number of methoxy groups -OCH3 is 1.